The molecule has 1 rings (SSSR count). The summed E-state index contributed by atoms with van der Waals surface area (Å²) in [6.07, 6.45) is 1.63. The zero-order valence-electron chi connectivity index (χ0n) is 9.42. The number of rotatable bonds is 2. The van der Waals surface area contributed by atoms with E-state index in [1.54, 1.807) is 24.4 Å². The van der Waals surface area contributed by atoms with Gasteiger partial charge in [-0.3, -0.25) is 0 Å². The molecule has 16 heavy (non-hydrogen) atoms. The van der Waals surface area contributed by atoms with Gasteiger partial charge in [-0.15, -0.1) is 12.4 Å². The maximum atomic E-state index is 5.98. The highest BCUT2D eigenvalue weighted by molar-refractivity contribution is 6.38. The molecule has 0 aromatic heterocycles. The van der Waals surface area contributed by atoms with Gasteiger partial charge in [0.25, 0.3) is 0 Å². The highest BCUT2D eigenvalue weighted by atomic mass is 35.5. The molecule has 0 amide bonds. The van der Waals surface area contributed by atoms with Crippen molar-refractivity contribution in [3.8, 4) is 0 Å². The molecule has 1 aromatic rings. The van der Waals surface area contributed by atoms with Crippen molar-refractivity contribution in [2.24, 2.45) is 5.10 Å². The Bertz CT molecular complexity index is 350. The fourth-order valence-corrected chi connectivity index (χ4v) is 1.42. The van der Waals surface area contributed by atoms with E-state index in [0.717, 1.165) is 5.56 Å². The van der Waals surface area contributed by atoms with Gasteiger partial charge < -0.3 is 5.43 Å². The van der Waals surface area contributed by atoms with Crippen LogP contribution in [0, 0.1) is 0 Å². The fourth-order valence-electron chi connectivity index (χ4n) is 0.925. The van der Waals surface area contributed by atoms with Crippen LogP contribution in [-0.4, -0.2) is 11.8 Å². The molecule has 2 nitrogen and oxygen atoms in total. The van der Waals surface area contributed by atoms with Crippen molar-refractivity contribution in [3.05, 3.63) is 33.8 Å². The number of nitrogens with one attached hydrogen (secondary N) is 1. The van der Waals surface area contributed by atoms with Crippen LogP contribution in [0.2, 0.25) is 10.0 Å². The second-order valence-corrected chi connectivity index (χ2v) is 5.07. The Balaban J connectivity index is 0.00000225. The van der Waals surface area contributed by atoms with Crippen LogP contribution in [0.3, 0.4) is 0 Å². The molecule has 0 saturated carbocycles. The predicted octanol–water partition coefficient (Wildman–Crippen LogP) is 4.14. The van der Waals surface area contributed by atoms with Gasteiger partial charge in [-0.1, -0.05) is 29.3 Å². The summed E-state index contributed by atoms with van der Waals surface area (Å²) in [5.74, 6) is 0. The van der Waals surface area contributed by atoms with E-state index in [0.29, 0.717) is 10.0 Å². The van der Waals surface area contributed by atoms with Crippen LogP contribution >= 0.6 is 35.6 Å². The Kier molecular flexibility index (Phi) is 6.16. The fraction of sp³-hybridized carbons (Fsp3) is 0.364. The third-order valence-corrected chi connectivity index (χ3v) is 2.25. The standard InChI is InChI=1S/C11H14Cl2N2.ClH/c1-11(2,3)15-14-7-8-9(12)5-4-6-10(8)13;/h4-7,15H,1-3H3;1H/b14-7+;. The van der Waals surface area contributed by atoms with Crippen molar-refractivity contribution in [2.75, 3.05) is 0 Å². The van der Waals surface area contributed by atoms with Gasteiger partial charge in [0.05, 0.1) is 16.3 Å². The number of hydrogen-bond donors (Lipinski definition) is 1. The summed E-state index contributed by atoms with van der Waals surface area (Å²) < 4.78 is 0. The minimum absolute atomic E-state index is 0. The smallest absolute Gasteiger partial charge is 0.0570 e. The lowest BCUT2D eigenvalue weighted by atomic mass is 10.1. The lowest BCUT2D eigenvalue weighted by Crippen LogP contribution is -2.31. The SMILES string of the molecule is CC(C)(C)N/N=C/c1c(Cl)cccc1Cl.Cl. The zero-order chi connectivity index (χ0) is 11.5. The lowest BCUT2D eigenvalue weighted by molar-refractivity contribution is 0.442. The zero-order valence-corrected chi connectivity index (χ0v) is 11.7. The summed E-state index contributed by atoms with van der Waals surface area (Å²) in [4.78, 5) is 0. The molecule has 0 unspecified atom stereocenters. The van der Waals surface area contributed by atoms with E-state index in [1.807, 2.05) is 20.8 Å². The molecule has 0 atom stereocenters. The highest BCUT2D eigenvalue weighted by Gasteiger charge is 2.06. The van der Waals surface area contributed by atoms with Gasteiger partial charge in [0.15, 0.2) is 0 Å². The quantitative estimate of drug-likeness (QED) is 0.639. The Morgan fingerprint density at radius 1 is 1.19 bits per heavy atom. The average Bonchev–Trinajstić information content (AvgIpc) is 2.08. The molecule has 0 fully saturated rings. The molecule has 5 heteroatoms. The van der Waals surface area contributed by atoms with Crippen molar-refractivity contribution >= 4 is 41.8 Å². The molecule has 0 spiro atoms. The van der Waals surface area contributed by atoms with E-state index >= 15 is 0 Å². The van der Waals surface area contributed by atoms with E-state index in [-0.39, 0.29) is 17.9 Å². The number of benzene rings is 1. The minimum atomic E-state index is -0.0652. The normalized spacial score (nSPS) is 11.3. The summed E-state index contributed by atoms with van der Waals surface area (Å²) in [6.45, 7) is 6.08. The Morgan fingerprint density at radius 3 is 2.12 bits per heavy atom. The maximum absolute atomic E-state index is 5.98. The highest BCUT2D eigenvalue weighted by Crippen LogP contribution is 2.22. The first-order chi connectivity index (χ1) is 6.90. The minimum Gasteiger partial charge on any atom is -0.305 e. The van der Waals surface area contributed by atoms with Crippen LogP contribution in [0.4, 0.5) is 0 Å². The number of nitrogens with zero attached hydrogens (tertiary/aromatic N) is 1. The van der Waals surface area contributed by atoms with E-state index < -0.39 is 0 Å². The van der Waals surface area contributed by atoms with Crippen molar-refractivity contribution in [3.63, 3.8) is 0 Å². The van der Waals surface area contributed by atoms with Crippen molar-refractivity contribution in [2.45, 2.75) is 26.3 Å². The molecule has 0 saturated heterocycles. The molecule has 0 heterocycles. The molecule has 90 valence electrons. The largest absolute Gasteiger partial charge is 0.305 e. The Labute approximate surface area is 112 Å². The van der Waals surface area contributed by atoms with Gasteiger partial charge in [0.2, 0.25) is 0 Å². The van der Waals surface area contributed by atoms with Crippen LogP contribution in [-0.2, 0) is 0 Å². The van der Waals surface area contributed by atoms with Gasteiger partial charge in [-0.25, -0.2) is 0 Å². The van der Waals surface area contributed by atoms with Crippen molar-refractivity contribution < 1.29 is 0 Å². The number of hydrogen-bond acceptors (Lipinski definition) is 2. The van der Waals surface area contributed by atoms with Crippen LogP contribution in [0.25, 0.3) is 0 Å². The first kappa shape index (κ1) is 15.6. The van der Waals surface area contributed by atoms with Gasteiger partial charge >= 0.3 is 0 Å². The molecule has 0 radical (unpaired) electrons. The van der Waals surface area contributed by atoms with Crippen molar-refractivity contribution in [1.29, 1.82) is 0 Å². The number of hydrazone groups is 1. The molecular formula is C11H15Cl3N2. The molecule has 0 bridgehead atoms. The molecule has 1 N–H and O–H groups in total. The van der Waals surface area contributed by atoms with E-state index in [9.17, 15) is 0 Å². The topological polar surface area (TPSA) is 24.4 Å². The van der Waals surface area contributed by atoms with Gasteiger partial charge in [-0.2, -0.15) is 5.10 Å². The van der Waals surface area contributed by atoms with Gasteiger partial charge in [0, 0.05) is 11.1 Å². The monoisotopic (exact) mass is 280 g/mol. The predicted molar refractivity (Wildman–Crippen MR) is 74.2 cm³/mol. The maximum Gasteiger partial charge on any atom is 0.0570 e. The van der Waals surface area contributed by atoms with Crippen LogP contribution in [0.1, 0.15) is 26.3 Å². The van der Waals surface area contributed by atoms with Crippen molar-refractivity contribution in [1.82, 2.24) is 5.43 Å². The van der Waals surface area contributed by atoms with Crippen LogP contribution in [0.15, 0.2) is 23.3 Å². The Hall–Kier alpha value is -0.440. The second-order valence-electron chi connectivity index (χ2n) is 4.26. The summed E-state index contributed by atoms with van der Waals surface area (Å²) in [6, 6.07) is 5.37. The summed E-state index contributed by atoms with van der Waals surface area (Å²) in [7, 11) is 0. The van der Waals surface area contributed by atoms with Crippen LogP contribution in [0.5, 0.6) is 0 Å². The average molecular weight is 282 g/mol. The Morgan fingerprint density at radius 2 is 1.69 bits per heavy atom. The first-order valence-electron chi connectivity index (χ1n) is 4.64. The van der Waals surface area contributed by atoms with Crippen LogP contribution < -0.4 is 5.43 Å². The van der Waals surface area contributed by atoms with E-state index in [4.69, 9.17) is 23.2 Å². The summed E-state index contributed by atoms with van der Waals surface area (Å²) in [5.41, 5.74) is 3.65. The van der Waals surface area contributed by atoms with Gasteiger partial charge in [-0.05, 0) is 32.9 Å². The lowest BCUT2D eigenvalue weighted by Gasteiger charge is -2.17. The third-order valence-electron chi connectivity index (χ3n) is 1.59. The van der Waals surface area contributed by atoms with E-state index in [2.05, 4.69) is 10.5 Å². The summed E-state index contributed by atoms with van der Waals surface area (Å²) >= 11 is 12.0. The van der Waals surface area contributed by atoms with E-state index in [1.165, 1.54) is 0 Å². The molecule has 0 aliphatic carbocycles. The first-order valence-corrected chi connectivity index (χ1v) is 5.40. The third kappa shape index (κ3) is 5.06. The molecular weight excluding hydrogens is 266 g/mol. The van der Waals surface area contributed by atoms with Gasteiger partial charge in [0.1, 0.15) is 0 Å². The molecule has 1 aromatic carbocycles. The molecule has 0 aliphatic rings. The number of halogens is 3. The molecule has 0 aliphatic heterocycles. The second kappa shape index (κ2) is 6.33. The summed E-state index contributed by atoms with van der Waals surface area (Å²) in [5, 5.41) is 5.29.